The highest BCUT2D eigenvalue weighted by Crippen LogP contribution is 2.38. The number of nitrogens with one attached hydrogen (secondary N) is 2. The summed E-state index contributed by atoms with van der Waals surface area (Å²) in [6.07, 6.45) is 3.06. The topological polar surface area (TPSA) is 164 Å². The third-order valence-electron chi connectivity index (χ3n) is 8.52. The van der Waals surface area contributed by atoms with Crippen LogP contribution in [-0.4, -0.2) is 96.7 Å². The molecule has 0 saturated heterocycles. The van der Waals surface area contributed by atoms with Crippen LogP contribution >= 0.6 is 0 Å². The van der Waals surface area contributed by atoms with Gasteiger partial charge < -0.3 is 39.8 Å². The summed E-state index contributed by atoms with van der Waals surface area (Å²) in [6, 6.07) is 9.26. The molecule has 1 aliphatic carbocycles. The molecule has 0 bridgehead atoms. The fourth-order valence-electron chi connectivity index (χ4n) is 5.68. The van der Waals surface area contributed by atoms with Gasteiger partial charge in [-0.1, -0.05) is 49.6 Å². The van der Waals surface area contributed by atoms with Crippen molar-refractivity contribution >= 4 is 29.6 Å². The zero-order valence-electron chi connectivity index (χ0n) is 25.3. The van der Waals surface area contributed by atoms with Gasteiger partial charge in [-0.25, -0.2) is 4.79 Å². The number of benzene rings is 2. The van der Waals surface area contributed by atoms with Crippen molar-refractivity contribution in [3.8, 4) is 17.2 Å². The Kier molecular flexibility index (Phi) is 9.74. The average molecular weight is 623 g/mol. The van der Waals surface area contributed by atoms with Crippen molar-refractivity contribution in [2.45, 2.75) is 56.7 Å². The maximum atomic E-state index is 13.7. The molecule has 0 radical (unpaired) electrons. The Morgan fingerprint density at radius 2 is 1.67 bits per heavy atom. The number of rotatable bonds is 5. The van der Waals surface area contributed by atoms with E-state index in [4.69, 9.17) is 14.2 Å². The van der Waals surface area contributed by atoms with E-state index in [9.17, 15) is 29.1 Å². The molecule has 1 saturated carbocycles. The van der Waals surface area contributed by atoms with Crippen LogP contribution in [0.1, 0.15) is 48.0 Å². The summed E-state index contributed by atoms with van der Waals surface area (Å²) in [5.41, 5.74) is 0.897. The molecule has 5 rings (SSSR count). The molecule has 2 heterocycles. The number of carboxylic acids is 1. The van der Waals surface area contributed by atoms with Crippen LogP contribution in [0, 0.1) is 5.92 Å². The molecule has 2 aromatic carbocycles. The van der Waals surface area contributed by atoms with Gasteiger partial charge in [-0.05, 0) is 24.3 Å². The van der Waals surface area contributed by atoms with Gasteiger partial charge >= 0.3 is 5.97 Å². The quantitative estimate of drug-likeness (QED) is 0.449. The number of fused-ring (bicyclic) bond motifs is 2. The first-order chi connectivity index (χ1) is 21.6. The molecule has 2 aromatic rings. The van der Waals surface area contributed by atoms with Gasteiger partial charge in [0.2, 0.25) is 24.5 Å². The van der Waals surface area contributed by atoms with Crippen molar-refractivity contribution in [3.05, 3.63) is 53.6 Å². The maximum Gasteiger partial charge on any atom is 0.326 e. The summed E-state index contributed by atoms with van der Waals surface area (Å²) >= 11 is 0. The van der Waals surface area contributed by atoms with E-state index in [1.807, 2.05) is 30.3 Å². The van der Waals surface area contributed by atoms with Crippen molar-refractivity contribution in [1.29, 1.82) is 0 Å². The molecular weight excluding hydrogens is 584 g/mol. The highest BCUT2D eigenvalue weighted by atomic mass is 16.7. The van der Waals surface area contributed by atoms with Gasteiger partial charge in [-0.15, -0.1) is 0 Å². The van der Waals surface area contributed by atoms with E-state index in [0.717, 1.165) is 24.8 Å². The van der Waals surface area contributed by atoms with Gasteiger partial charge in [0.25, 0.3) is 5.91 Å². The minimum atomic E-state index is -1.59. The average Bonchev–Trinajstić information content (AvgIpc) is 3.45. The standard InChI is InChI=1S/C32H38N4O9/c1-35-16-28(37)33-21(11-19-7-4-3-5-8-19)17-43-25-15-27-26(44-18-45-27)13-22(25)30(39)34-23(32(41)42)14-29(38)36(2)24(31(35)40)12-20-9-6-10-20/h3-5,7-8,13,15,20-21,23-24H,6,9-12,14,16-18H2,1-2H3,(H,33,37)(H,34,39)(H,41,42)/t21-,23+,24+/m1/s1. The number of nitrogens with zero attached hydrogens (tertiary/aromatic N) is 2. The lowest BCUT2D eigenvalue weighted by atomic mass is 9.80. The molecule has 3 N–H and O–H groups in total. The number of carbonyl (C=O) groups excluding carboxylic acids is 4. The zero-order chi connectivity index (χ0) is 32.1. The smallest absolute Gasteiger partial charge is 0.326 e. The van der Waals surface area contributed by atoms with Gasteiger partial charge in [-0.3, -0.25) is 19.2 Å². The van der Waals surface area contributed by atoms with Crippen LogP contribution in [0.3, 0.4) is 0 Å². The molecule has 240 valence electrons. The van der Waals surface area contributed by atoms with Crippen molar-refractivity contribution < 1.29 is 43.3 Å². The lowest BCUT2D eigenvalue weighted by Gasteiger charge is -2.36. The van der Waals surface area contributed by atoms with Gasteiger partial charge in [0.15, 0.2) is 11.5 Å². The first kappa shape index (κ1) is 31.6. The van der Waals surface area contributed by atoms with Crippen molar-refractivity contribution in [1.82, 2.24) is 20.4 Å². The van der Waals surface area contributed by atoms with Crippen LogP contribution in [0.25, 0.3) is 0 Å². The Morgan fingerprint density at radius 3 is 2.33 bits per heavy atom. The Bertz CT molecular complexity index is 1450. The van der Waals surface area contributed by atoms with E-state index >= 15 is 0 Å². The second-order valence-corrected chi connectivity index (χ2v) is 11.8. The molecular formula is C32H38N4O9. The number of carboxylic acid groups (broad SMARTS) is 1. The number of aliphatic carboxylic acids is 1. The fraction of sp³-hybridized carbons (Fsp3) is 0.469. The Labute approximate surface area is 260 Å². The number of hydrogen-bond donors (Lipinski definition) is 3. The van der Waals surface area contributed by atoms with E-state index in [2.05, 4.69) is 10.6 Å². The highest BCUT2D eigenvalue weighted by Gasteiger charge is 2.36. The van der Waals surface area contributed by atoms with E-state index in [-0.39, 0.29) is 42.9 Å². The third kappa shape index (κ3) is 7.65. The molecule has 0 spiro atoms. The summed E-state index contributed by atoms with van der Waals surface area (Å²) in [5, 5.41) is 15.4. The molecule has 3 aliphatic rings. The molecule has 13 heteroatoms. The fourth-order valence-corrected chi connectivity index (χ4v) is 5.68. The minimum Gasteiger partial charge on any atom is -0.490 e. The van der Waals surface area contributed by atoms with Crippen molar-refractivity contribution in [3.63, 3.8) is 0 Å². The van der Waals surface area contributed by atoms with Crippen LogP contribution in [0.5, 0.6) is 17.2 Å². The summed E-state index contributed by atoms with van der Waals surface area (Å²) < 4.78 is 17.0. The van der Waals surface area contributed by atoms with Crippen molar-refractivity contribution in [2.75, 3.05) is 34.0 Å². The molecule has 0 unspecified atom stereocenters. The monoisotopic (exact) mass is 622 g/mol. The molecule has 0 aromatic heterocycles. The summed E-state index contributed by atoms with van der Waals surface area (Å²) in [5.74, 6) is -2.78. The Morgan fingerprint density at radius 1 is 0.956 bits per heavy atom. The van der Waals surface area contributed by atoms with Gasteiger partial charge in [-0.2, -0.15) is 0 Å². The molecule has 13 nitrogen and oxygen atoms in total. The number of amides is 4. The first-order valence-electron chi connectivity index (χ1n) is 15.0. The lowest BCUT2D eigenvalue weighted by molar-refractivity contribution is -0.148. The predicted octanol–water partition coefficient (Wildman–Crippen LogP) is 1.58. The van der Waals surface area contributed by atoms with E-state index < -0.39 is 54.1 Å². The molecule has 3 atom stereocenters. The van der Waals surface area contributed by atoms with E-state index in [0.29, 0.717) is 18.6 Å². The number of hydrogen-bond acceptors (Lipinski definition) is 8. The van der Waals surface area contributed by atoms with Gasteiger partial charge in [0, 0.05) is 26.2 Å². The highest BCUT2D eigenvalue weighted by molar-refractivity contribution is 6.00. The van der Waals surface area contributed by atoms with Crippen LogP contribution in [0.2, 0.25) is 0 Å². The van der Waals surface area contributed by atoms with E-state index in [1.54, 1.807) is 0 Å². The molecule has 45 heavy (non-hydrogen) atoms. The molecule has 2 aliphatic heterocycles. The Balaban J connectivity index is 1.49. The van der Waals surface area contributed by atoms with Gasteiger partial charge in [0.1, 0.15) is 24.4 Å². The Hall–Kier alpha value is -4.81. The van der Waals surface area contributed by atoms with Crippen LogP contribution in [0.4, 0.5) is 0 Å². The maximum absolute atomic E-state index is 13.7. The van der Waals surface area contributed by atoms with Crippen LogP contribution in [-0.2, 0) is 25.6 Å². The second-order valence-electron chi connectivity index (χ2n) is 11.8. The summed E-state index contributed by atoms with van der Waals surface area (Å²) in [6.45, 7) is -0.397. The second kappa shape index (κ2) is 13.9. The zero-order valence-corrected chi connectivity index (χ0v) is 25.3. The molecule has 1 fully saturated rings. The van der Waals surface area contributed by atoms with Gasteiger partial charge in [0.05, 0.1) is 24.6 Å². The summed E-state index contributed by atoms with van der Waals surface area (Å²) in [4.78, 5) is 68.7. The SMILES string of the molecule is CN1CC(=O)N[C@H](Cc2ccccc2)COc2cc3c(cc2C(=O)N[C@H](C(=O)O)CC(=O)N(C)[C@@H](CC2CCC2)C1=O)OCO3. The normalized spacial score (nSPS) is 23.3. The largest absolute Gasteiger partial charge is 0.490 e. The molecule has 4 amide bonds. The number of carbonyl (C=O) groups is 5. The first-order valence-corrected chi connectivity index (χ1v) is 15.0. The van der Waals surface area contributed by atoms with Crippen molar-refractivity contribution in [2.24, 2.45) is 5.92 Å². The number of likely N-dealkylation sites (N-methyl/N-ethyl adjacent to an activating group) is 2. The third-order valence-corrected chi connectivity index (χ3v) is 8.52. The van der Waals surface area contributed by atoms with E-state index in [1.165, 1.54) is 36.0 Å². The van der Waals surface area contributed by atoms with Crippen LogP contribution < -0.4 is 24.8 Å². The van der Waals surface area contributed by atoms with Crippen LogP contribution in [0.15, 0.2) is 42.5 Å². The summed E-state index contributed by atoms with van der Waals surface area (Å²) in [7, 11) is 2.95. The number of ether oxygens (including phenoxy) is 3. The minimum absolute atomic E-state index is 0.0295. The lowest BCUT2D eigenvalue weighted by Crippen LogP contribution is -2.53. The predicted molar refractivity (Wildman–Crippen MR) is 160 cm³/mol.